The molecule has 0 amide bonds. The zero-order valence-corrected chi connectivity index (χ0v) is 18.6. The maximum Gasteiger partial charge on any atom is 0.416 e. The minimum atomic E-state index is -4.38. The molecule has 0 radical (unpaired) electrons. The van der Waals surface area contributed by atoms with Crippen LogP contribution >= 0.6 is 0 Å². The summed E-state index contributed by atoms with van der Waals surface area (Å²) in [6.07, 6.45) is 0.548. The molecule has 0 unspecified atom stereocenters. The molecule has 2 aromatic carbocycles. The topological polar surface area (TPSA) is 72.6 Å². The number of fused-ring (bicyclic) bond motifs is 2. The van der Waals surface area contributed by atoms with Crippen LogP contribution in [0.3, 0.4) is 0 Å². The Morgan fingerprint density at radius 2 is 1.69 bits per heavy atom. The van der Waals surface area contributed by atoms with Crippen LogP contribution in [-0.2, 0) is 19.3 Å². The lowest BCUT2D eigenvalue weighted by Gasteiger charge is -2.15. The lowest BCUT2D eigenvalue weighted by molar-refractivity contribution is -0.137. The first-order valence-electron chi connectivity index (χ1n) is 11.0. The molecule has 0 aliphatic carbocycles. The molecule has 1 aliphatic rings. The summed E-state index contributed by atoms with van der Waals surface area (Å²) >= 11 is 0. The zero-order valence-electron chi connectivity index (χ0n) is 18.6. The van der Waals surface area contributed by atoms with E-state index < -0.39 is 11.7 Å². The van der Waals surface area contributed by atoms with E-state index in [0.29, 0.717) is 35.3 Å². The minimum absolute atomic E-state index is 0.285. The summed E-state index contributed by atoms with van der Waals surface area (Å²) in [5.41, 5.74) is 2.64. The number of anilines is 1. The van der Waals surface area contributed by atoms with Crippen LogP contribution in [-0.4, -0.2) is 29.7 Å². The Bertz CT molecular complexity index is 1660. The van der Waals surface area contributed by atoms with Gasteiger partial charge in [0, 0.05) is 36.9 Å². The first kappa shape index (κ1) is 21.7. The van der Waals surface area contributed by atoms with E-state index in [1.54, 1.807) is 35.4 Å². The molecular formula is C26H16F3N7. The van der Waals surface area contributed by atoms with E-state index >= 15 is 0 Å². The van der Waals surface area contributed by atoms with Crippen LogP contribution in [0.15, 0.2) is 73.2 Å². The fraction of sp³-hybridized carbons (Fsp3) is 0.115. The predicted octanol–water partition coefficient (Wildman–Crippen LogP) is 4.68. The number of rotatable bonds is 2. The smallest absolute Gasteiger partial charge is 0.332 e. The van der Waals surface area contributed by atoms with Gasteiger partial charge in [0.2, 0.25) is 5.95 Å². The fourth-order valence-corrected chi connectivity index (χ4v) is 4.06. The molecule has 3 aromatic heterocycles. The third-order valence-electron chi connectivity index (χ3n) is 5.83. The van der Waals surface area contributed by atoms with E-state index in [1.165, 1.54) is 12.1 Å². The highest BCUT2D eigenvalue weighted by atomic mass is 19.4. The second-order valence-corrected chi connectivity index (χ2v) is 8.20. The van der Waals surface area contributed by atoms with Crippen molar-refractivity contribution >= 4 is 16.9 Å². The number of hydrogen-bond acceptors (Lipinski definition) is 6. The molecule has 36 heavy (non-hydrogen) atoms. The second kappa shape index (κ2) is 8.46. The average molecular weight is 483 g/mol. The Hall–Kier alpha value is -4.78. The standard InChI is InChI=1S/C26H16F3N7/c27-26(28,29)20-6-5-18-15-35(16-19(18)13-20)25-31-11-8-22(34-25)24-30-10-7-21(33-24)9-12-36-23-4-2-1-3-17(23)14-32-36/h1-8,10-11,13-14H,15-16H2. The molecular weight excluding hydrogens is 467 g/mol. The monoisotopic (exact) mass is 483 g/mol. The van der Waals surface area contributed by atoms with E-state index in [0.717, 1.165) is 22.5 Å². The van der Waals surface area contributed by atoms with E-state index in [4.69, 9.17) is 0 Å². The van der Waals surface area contributed by atoms with Gasteiger partial charge in [0.05, 0.1) is 17.3 Å². The summed E-state index contributed by atoms with van der Waals surface area (Å²) in [6.45, 7) is 0.702. The van der Waals surface area contributed by atoms with Gasteiger partial charge in [0.1, 0.15) is 11.4 Å². The summed E-state index contributed by atoms with van der Waals surface area (Å²) in [6, 6.07) is 17.9. The fourth-order valence-electron chi connectivity index (χ4n) is 4.06. The molecule has 0 fully saturated rings. The Kier molecular flexibility index (Phi) is 5.11. The highest BCUT2D eigenvalue weighted by molar-refractivity contribution is 5.79. The number of alkyl halides is 3. The van der Waals surface area contributed by atoms with Crippen molar-refractivity contribution < 1.29 is 13.2 Å². The molecule has 0 saturated heterocycles. The Morgan fingerprint density at radius 3 is 2.58 bits per heavy atom. The van der Waals surface area contributed by atoms with Crippen LogP contribution in [0.25, 0.3) is 22.4 Å². The van der Waals surface area contributed by atoms with Crippen LogP contribution in [0.5, 0.6) is 0 Å². The first-order valence-corrected chi connectivity index (χ1v) is 11.0. The van der Waals surface area contributed by atoms with Crippen molar-refractivity contribution in [2.24, 2.45) is 0 Å². The van der Waals surface area contributed by atoms with Crippen LogP contribution in [0.2, 0.25) is 0 Å². The van der Waals surface area contributed by atoms with Gasteiger partial charge in [-0.3, -0.25) is 0 Å². The van der Waals surface area contributed by atoms with Crippen molar-refractivity contribution in [3.63, 3.8) is 0 Å². The van der Waals surface area contributed by atoms with Crippen molar-refractivity contribution in [3.8, 4) is 23.5 Å². The van der Waals surface area contributed by atoms with Gasteiger partial charge < -0.3 is 4.90 Å². The molecule has 10 heteroatoms. The van der Waals surface area contributed by atoms with Gasteiger partial charge in [-0.25, -0.2) is 19.9 Å². The highest BCUT2D eigenvalue weighted by Gasteiger charge is 2.32. The molecule has 1 aliphatic heterocycles. The molecule has 0 saturated carbocycles. The number of halogens is 3. The van der Waals surface area contributed by atoms with E-state index in [9.17, 15) is 13.2 Å². The van der Waals surface area contributed by atoms with Gasteiger partial charge in [-0.05, 0) is 47.4 Å². The van der Waals surface area contributed by atoms with Crippen molar-refractivity contribution in [3.05, 3.63) is 95.6 Å². The first-order chi connectivity index (χ1) is 17.4. The quantitative estimate of drug-likeness (QED) is 0.340. The van der Waals surface area contributed by atoms with Gasteiger partial charge in [-0.1, -0.05) is 24.3 Å². The lowest BCUT2D eigenvalue weighted by Crippen LogP contribution is -2.17. The van der Waals surface area contributed by atoms with E-state index in [-0.39, 0.29) is 6.54 Å². The third-order valence-corrected chi connectivity index (χ3v) is 5.83. The van der Waals surface area contributed by atoms with E-state index in [1.807, 2.05) is 29.2 Å². The molecule has 176 valence electrons. The molecule has 0 atom stereocenters. The lowest BCUT2D eigenvalue weighted by atomic mass is 10.1. The Morgan fingerprint density at radius 1 is 0.861 bits per heavy atom. The van der Waals surface area contributed by atoms with Gasteiger partial charge in [-0.15, -0.1) is 0 Å². The van der Waals surface area contributed by atoms with Crippen molar-refractivity contribution in [1.29, 1.82) is 0 Å². The van der Waals surface area contributed by atoms with Crippen LogP contribution in [0.1, 0.15) is 22.4 Å². The summed E-state index contributed by atoms with van der Waals surface area (Å²) in [4.78, 5) is 19.5. The molecule has 0 spiro atoms. The molecule has 5 aromatic rings. The molecule has 4 heterocycles. The highest BCUT2D eigenvalue weighted by Crippen LogP contribution is 2.34. The number of hydrogen-bond donors (Lipinski definition) is 0. The molecule has 7 nitrogen and oxygen atoms in total. The maximum atomic E-state index is 13.1. The van der Waals surface area contributed by atoms with Gasteiger partial charge in [0.25, 0.3) is 0 Å². The summed E-state index contributed by atoms with van der Waals surface area (Å²) in [5.74, 6) is 3.76. The summed E-state index contributed by atoms with van der Waals surface area (Å²) in [7, 11) is 0. The summed E-state index contributed by atoms with van der Waals surface area (Å²) < 4.78 is 40.9. The molecule has 6 rings (SSSR count). The summed E-state index contributed by atoms with van der Waals surface area (Å²) in [5, 5.41) is 5.28. The number of benzene rings is 2. The Labute approximate surface area is 203 Å². The predicted molar refractivity (Wildman–Crippen MR) is 126 cm³/mol. The zero-order chi connectivity index (χ0) is 24.7. The van der Waals surface area contributed by atoms with Crippen LogP contribution in [0.4, 0.5) is 19.1 Å². The number of nitrogens with zero attached hydrogens (tertiary/aromatic N) is 7. The van der Waals surface area contributed by atoms with E-state index in [2.05, 4.69) is 37.0 Å². The SMILES string of the molecule is FC(F)(F)c1ccc2c(c1)CN(c1nccc(-c3nccc(C#Cn4ncc5ccccc54)n3)n1)C2. The van der Waals surface area contributed by atoms with Gasteiger partial charge in [-0.2, -0.15) is 23.0 Å². The normalized spacial score (nSPS) is 12.9. The van der Waals surface area contributed by atoms with Crippen LogP contribution in [0, 0.1) is 12.0 Å². The van der Waals surface area contributed by atoms with Crippen molar-refractivity contribution in [2.45, 2.75) is 19.3 Å². The van der Waals surface area contributed by atoms with Crippen LogP contribution < -0.4 is 4.90 Å². The number of aromatic nitrogens is 6. The van der Waals surface area contributed by atoms with Gasteiger partial charge >= 0.3 is 6.18 Å². The third kappa shape index (κ3) is 4.11. The van der Waals surface area contributed by atoms with Crippen molar-refractivity contribution in [1.82, 2.24) is 29.7 Å². The number of para-hydroxylation sites is 1. The molecule has 0 N–H and O–H groups in total. The average Bonchev–Trinajstić information content (AvgIpc) is 3.51. The minimum Gasteiger partial charge on any atom is -0.332 e. The van der Waals surface area contributed by atoms with Gasteiger partial charge in [0.15, 0.2) is 5.82 Å². The second-order valence-electron chi connectivity index (χ2n) is 8.20. The Balaban J connectivity index is 1.25. The van der Waals surface area contributed by atoms with Crippen molar-refractivity contribution in [2.75, 3.05) is 4.90 Å². The largest absolute Gasteiger partial charge is 0.416 e. The molecule has 0 bridgehead atoms. The maximum absolute atomic E-state index is 13.1.